The number of Topliss-reactive ketones (excluding diaryl/α,β-unsaturated/α-hetero) is 1. The Morgan fingerprint density at radius 2 is 2.07 bits per heavy atom. The number of anilines is 1. The fourth-order valence-corrected chi connectivity index (χ4v) is 4.28. The zero-order chi connectivity index (χ0) is 19.8. The molecule has 2 heterocycles. The highest BCUT2D eigenvalue weighted by atomic mass is 35.5. The van der Waals surface area contributed by atoms with Crippen LogP contribution in [-0.2, 0) is 9.59 Å². The molecule has 1 aliphatic carbocycles. The van der Waals surface area contributed by atoms with Crippen LogP contribution in [0.15, 0.2) is 47.9 Å². The third-order valence-electron chi connectivity index (χ3n) is 5.46. The summed E-state index contributed by atoms with van der Waals surface area (Å²) in [5, 5.41) is 0.576. The minimum atomic E-state index is -0.250. The summed E-state index contributed by atoms with van der Waals surface area (Å²) in [5.41, 5.74) is 3.90. The fourth-order valence-electron chi connectivity index (χ4n) is 4.13. The van der Waals surface area contributed by atoms with Gasteiger partial charge in [-0.25, -0.2) is 0 Å². The third kappa shape index (κ3) is 3.10. The number of halogens is 1. The highest BCUT2D eigenvalue weighted by Crippen LogP contribution is 2.46. The quantitative estimate of drug-likeness (QED) is 0.761. The van der Waals surface area contributed by atoms with Gasteiger partial charge in [0.15, 0.2) is 5.78 Å². The Morgan fingerprint density at radius 3 is 2.79 bits per heavy atom. The number of aromatic nitrogens is 1. The van der Waals surface area contributed by atoms with Crippen molar-refractivity contribution in [1.29, 1.82) is 0 Å². The monoisotopic (exact) mass is 396 g/mol. The Balaban J connectivity index is 1.91. The summed E-state index contributed by atoms with van der Waals surface area (Å²) in [4.78, 5) is 32.0. The van der Waals surface area contributed by atoms with Gasteiger partial charge >= 0.3 is 0 Å². The molecule has 0 saturated heterocycles. The van der Waals surface area contributed by atoms with Crippen molar-refractivity contribution in [3.05, 3.63) is 64.1 Å². The van der Waals surface area contributed by atoms with Crippen LogP contribution in [-0.4, -0.2) is 23.8 Å². The molecule has 0 N–H and O–H groups in total. The van der Waals surface area contributed by atoms with Crippen LogP contribution in [0, 0.1) is 6.92 Å². The van der Waals surface area contributed by atoms with Crippen molar-refractivity contribution in [3.8, 4) is 5.75 Å². The molecule has 5 nitrogen and oxygen atoms in total. The maximum absolute atomic E-state index is 13.3. The summed E-state index contributed by atoms with van der Waals surface area (Å²) >= 11 is 6.25. The summed E-state index contributed by atoms with van der Waals surface area (Å²) in [6, 6.07) is 7.34. The topological polar surface area (TPSA) is 59.5 Å². The lowest BCUT2D eigenvalue weighted by Crippen LogP contribution is -2.40. The molecule has 0 spiro atoms. The number of allylic oxidation sites excluding steroid dienone is 2. The van der Waals surface area contributed by atoms with E-state index in [-0.39, 0.29) is 24.0 Å². The first-order valence-electron chi connectivity index (χ1n) is 9.34. The molecule has 2 aliphatic rings. The molecule has 144 valence electrons. The Labute approximate surface area is 169 Å². The average Bonchev–Trinajstić information content (AvgIpc) is 2.70. The van der Waals surface area contributed by atoms with Crippen molar-refractivity contribution in [2.75, 3.05) is 12.0 Å². The number of ether oxygens (including phenoxy) is 1. The van der Waals surface area contributed by atoms with E-state index in [1.165, 1.54) is 0 Å². The predicted octanol–water partition coefficient (Wildman–Crippen LogP) is 4.58. The molecule has 0 saturated carbocycles. The van der Waals surface area contributed by atoms with Gasteiger partial charge in [0.1, 0.15) is 5.75 Å². The molecule has 4 rings (SSSR count). The number of nitrogens with zero attached hydrogens (tertiary/aromatic N) is 2. The Hall–Kier alpha value is -2.66. The molecule has 6 heteroatoms. The summed E-state index contributed by atoms with van der Waals surface area (Å²) in [6.07, 6.45) is 5.58. The highest BCUT2D eigenvalue weighted by molar-refractivity contribution is 6.31. The second-order valence-electron chi connectivity index (χ2n) is 7.18. The van der Waals surface area contributed by atoms with Crippen molar-refractivity contribution in [2.24, 2.45) is 0 Å². The number of pyridine rings is 1. The number of carbonyl (C=O) groups is 2. The van der Waals surface area contributed by atoms with Crippen molar-refractivity contribution < 1.29 is 14.3 Å². The molecule has 1 unspecified atom stereocenters. The SMILES string of the molecule is COc1cc(Cl)c(C)cc1N1C(=O)CC(c2cccnc2)C2=C1CCCC2=O. The first-order valence-corrected chi connectivity index (χ1v) is 9.72. The lowest BCUT2D eigenvalue weighted by atomic mass is 9.77. The lowest BCUT2D eigenvalue weighted by Gasteiger charge is -2.38. The van der Waals surface area contributed by atoms with Crippen molar-refractivity contribution >= 4 is 29.0 Å². The number of benzene rings is 1. The summed E-state index contributed by atoms with van der Waals surface area (Å²) in [6.45, 7) is 1.89. The number of ketones is 1. The molecule has 1 aromatic heterocycles. The van der Waals surface area contributed by atoms with Gasteiger partial charge in [-0.3, -0.25) is 19.5 Å². The molecule has 0 fully saturated rings. The van der Waals surface area contributed by atoms with Gasteiger partial charge in [-0.1, -0.05) is 17.7 Å². The van der Waals surface area contributed by atoms with Gasteiger partial charge in [-0.05, 0) is 43.0 Å². The Bertz CT molecular complexity index is 985. The van der Waals surface area contributed by atoms with Gasteiger partial charge in [0, 0.05) is 53.5 Å². The highest BCUT2D eigenvalue weighted by Gasteiger charge is 2.40. The van der Waals surface area contributed by atoms with Crippen LogP contribution in [0.5, 0.6) is 5.75 Å². The number of amides is 1. The lowest BCUT2D eigenvalue weighted by molar-refractivity contribution is -0.119. The third-order valence-corrected chi connectivity index (χ3v) is 5.87. The second kappa shape index (κ2) is 7.40. The van der Waals surface area contributed by atoms with Gasteiger partial charge in [-0.2, -0.15) is 0 Å². The van der Waals surface area contributed by atoms with E-state index < -0.39 is 0 Å². The molecule has 28 heavy (non-hydrogen) atoms. The van der Waals surface area contributed by atoms with E-state index in [0.29, 0.717) is 29.3 Å². The van der Waals surface area contributed by atoms with Crippen molar-refractivity contribution in [1.82, 2.24) is 4.98 Å². The standard InChI is InChI=1S/C22H21ClN2O3/c1-13-9-18(20(28-2)11-16(13)23)25-17-6-3-7-19(26)22(17)15(10-21(25)27)14-5-4-8-24-12-14/h4-5,8-9,11-12,15H,3,6-7,10H2,1-2H3. The number of aryl methyl sites for hydroxylation is 1. The van der Waals surface area contributed by atoms with Crippen LogP contribution in [0.1, 0.15) is 42.7 Å². The van der Waals surface area contributed by atoms with E-state index >= 15 is 0 Å². The fraction of sp³-hybridized carbons (Fsp3) is 0.318. The number of rotatable bonds is 3. The minimum Gasteiger partial charge on any atom is -0.495 e. The van der Waals surface area contributed by atoms with Gasteiger partial charge in [-0.15, -0.1) is 0 Å². The molecule has 2 aromatic rings. The zero-order valence-electron chi connectivity index (χ0n) is 15.9. The number of hydrogen-bond acceptors (Lipinski definition) is 4. The molecule has 1 aliphatic heterocycles. The van der Waals surface area contributed by atoms with Crippen molar-refractivity contribution in [3.63, 3.8) is 0 Å². The Morgan fingerprint density at radius 1 is 1.25 bits per heavy atom. The zero-order valence-corrected chi connectivity index (χ0v) is 16.6. The summed E-state index contributed by atoms with van der Waals surface area (Å²) in [7, 11) is 1.55. The van der Waals surface area contributed by atoms with Crippen LogP contribution >= 0.6 is 11.6 Å². The summed E-state index contributed by atoms with van der Waals surface area (Å²) in [5.74, 6) is 0.327. The van der Waals surface area contributed by atoms with Gasteiger partial charge < -0.3 is 4.74 Å². The van der Waals surface area contributed by atoms with Crippen LogP contribution in [0.4, 0.5) is 5.69 Å². The molecule has 1 aromatic carbocycles. The Kier molecular flexibility index (Phi) is 4.94. The van der Waals surface area contributed by atoms with E-state index in [9.17, 15) is 9.59 Å². The van der Waals surface area contributed by atoms with Gasteiger partial charge in [0.05, 0.1) is 12.8 Å². The normalized spacial score (nSPS) is 19.7. The second-order valence-corrected chi connectivity index (χ2v) is 7.59. The van der Waals surface area contributed by atoms with Crippen LogP contribution in [0.3, 0.4) is 0 Å². The number of methoxy groups -OCH3 is 1. The van der Waals surface area contributed by atoms with Crippen LogP contribution in [0.25, 0.3) is 0 Å². The minimum absolute atomic E-state index is 0.0534. The van der Waals surface area contributed by atoms with E-state index in [2.05, 4.69) is 4.98 Å². The number of hydrogen-bond donors (Lipinski definition) is 0. The van der Waals surface area contributed by atoms with Gasteiger partial charge in [0.2, 0.25) is 5.91 Å². The van der Waals surface area contributed by atoms with Crippen LogP contribution < -0.4 is 9.64 Å². The number of carbonyl (C=O) groups excluding carboxylic acids is 2. The van der Waals surface area contributed by atoms with E-state index in [1.54, 1.807) is 30.5 Å². The van der Waals surface area contributed by atoms with Crippen molar-refractivity contribution in [2.45, 2.75) is 38.5 Å². The first-order chi connectivity index (χ1) is 13.5. The molecule has 1 atom stereocenters. The maximum atomic E-state index is 13.3. The molecular weight excluding hydrogens is 376 g/mol. The van der Waals surface area contributed by atoms with Crippen LogP contribution in [0.2, 0.25) is 5.02 Å². The van der Waals surface area contributed by atoms with Gasteiger partial charge in [0.25, 0.3) is 0 Å². The largest absolute Gasteiger partial charge is 0.495 e. The molecule has 0 radical (unpaired) electrons. The maximum Gasteiger partial charge on any atom is 0.232 e. The van der Waals surface area contributed by atoms with E-state index in [0.717, 1.165) is 28.8 Å². The molecular formula is C22H21ClN2O3. The van der Waals surface area contributed by atoms with E-state index in [4.69, 9.17) is 16.3 Å². The molecule has 0 bridgehead atoms. The average molecular weight is 397 g/mol. The first kappa shape index (κ1) is 18.7. The smallest absolute Gasteiger partial charge is 0.232 e. The predicted molar refractivity (Wildman–Crippen MR) is 108 cm³/mol. The van der Waals surface area contributed by atoms with E-state index in [1.807, 2.05) is 25.1 Å². The summed E-state index contributed by atoms with van der Waals surface area (Å²) < 4.78 is 5.50. The molecule has 1 amide bonds.